The van der Waals surface area contributed by atoms with E-state index in [1.165, 1.54) is 6.92 Å². The van der Waals surface area contributed by atoms with E-state index in [1.54, 1.807) is 0 Å². The summed E-state index contributed by atoms with van der Waals surface area (Å²) in [5.74, 6) is -1.52. The van der Waals surface area contributed by atoms with E-state index in [-0.39, 0.29) is 24.5 Å². The highest BCUT2D eigenvalue weighted by molar-refractivity contribution is 6.46. The molecule has 4 fully saturated rings. The number of amides is 5. The number of rotatable bonds is 16. The third-order valence-electron chi connectivity index (χ3n) is 8.89. The van der Waals surface area contributed by atoms with Crippen molar-refractivity contribution in [1.29, 1.82) is 0 Å². The SMILES string of the molecule is CC(O)C(NC(=O)CNC=O)C(=O)NCC(=O)NC(CCCCN)C(=O)NCB1OC2CC3CC(C3(C)C)[C@]2(C)O1. The molecule has 14 nitrogen and oxygen atoms in total. The van der Waals surface area contributed by atoms with Gasteiger partial charge in [0.1, 0.15) is 12.1 Å². The second kappa shape index (κ2) is 13.9. The summed E-state index contributed by atoms with van der Waals surface area (Å²) in [6.07, 6.45) is 2.83. The Hall–Kier alpha value is -2.75. The zero-order chi connectivity index (χ0) is 30.4. The fourth-order valence-electron chi connectivity index (χ4n) is 6.39. The molecule has 6 unspecified atom stereocenters. The zero-order valence-electron chi connectivity index (χ0n) is 24.4. The number of nitrogens with one attached hydrogen (secondary N) is 5. The van der Waals surface area contributed by atoms with Crippen LogP contribution in [0.25, 0.3) is 0 Å². The molecule has 3 saturated carbocycles. The molecule has 15 heteroatoms. The maximum atomic E-state index is 13.1. The van der Waals surface area contributed by atoms with Gasteiger partial charge in [0, 0.05) is 0 Å². The molecule has 3 aliphatic carbocycles. The van der Waals surface area contributed by atoms with Crippen molar-refractivity contribution in [2.24, 2.45) is 23.0 Å². The lowest BCUT2D eigenvalue weighted by Gasteiger charge is -2.64. The van der Waals surface area contributed by atoms with Gasteiger partial charge in [0.15, 0.2) is 0 Å². The summed E-state index contributed by atoms with van der Waals surface area (Å²) in [7, 11) is -0.585. The Labute approximate surface area is 241 Å². The second-order valence-electron chi connectivity index (χ2n) is 12.1. The van der Waals surface area contributed by atoms with Crippen LogP contribution in [0.2, 0.25) is 0 Å². The van der Waals surface area contributed by atoms with Gasteiger partial charge in [-0.2, -0.15) is 0 Å². The highest BCUT2D eigenvalue weighted by atomic mass is 16.7. The van der Waals surface area contributed by atoms with Crippen LogP contribution in [0.4, 0.5) is 0 Å². The molecule has 0 aromatic rings. The molecule has 2 bridgehead atoms. The van der Waals surface area contributed by atoms with Crippen LogP contribution in [0.15, 0.2) is 0 Å². The first-order chi connectivity index (χ1) is 19.3. The van der Waals surface area contributed by atoms with Crippen LogP contribution >= 0.6 is 0 Å². The fraction of sp³-hybridized carbons (Fsp3) is 0.808. The number of hydrogen-bond acceptors (Lipinski definition) is 9. The molecular formula is C26H45BN6O8. The van der Waals surface area contributed by atoms with Crippen molar-refractivity contribution in [3.05, 3.63) is 0 Å². The second-order valence-corrected chi connectivity index (χ2v) is 12.1. The van der Waals surface area contributed by atoms with Crippen molar-refractivity contribution >= 4 is 37.2 Å². The van der Waals surface area contributed by atoms with E-state index in [2.05, 4.69) is 47.4 Å². The average molecular weight is 580 g/mol. The molecule has 0 aromatic carbocycles. The highest BCUT2D eigenvalue weighted by Gasteiger charge is 2.67. The molecule has 0 spiro atoms. The minimum Gasteiger partial charge on any atom is -0.404 e. The summed E-state index contributed by atoms with van der Waals surface area (Å²) < 4.78 is 12.5. The molecule has 1 aliphatic heterocycles. The Kier molecular flexibility index (Phi) is 11.1. The van der Waals surface area contributed by atoms with Gasteiger partial charge in [0.25, 0.3) is 0 Å². The van der Waals surface area contributed by atoms with Crippen molar-refractivity contribution in [3.63, 3.8) is 0 Å². The summed E-state index contributed by atoms with van der Waals surface area (Å²) in [6, 6.07) is -2.22. The molecule has 4 aliphatic rings. The molecule has 0 radical (unpaired) electrons. The molecule has 1 heterocycles. The van der Waals surface area contributed by atoms with E-state index in [0.29, 0.717) is 44.1 Å². The molecule has 41 heavy (non-hydrogen) atoms. The maximum Gasteiger partial charge on any atom is 0.478 e. The van der Waals surface area contributed by atoms with Gasteiger partial charge in [0.2, 0.25) is 30.0 Å². The highest BCUT2D eigenvalue weighted by Crippen LogP contribution is 2.65. The molecule has 4 rings (SSSR count). The van der Waals surface area contributed by atoms with Crippen molar-refractivity contribution in [1.82, 2.24) is 26.6 Å². The third-order valence-corrected chi connectivity index (χ3v) is 8.89. The Bertz CT molecular complexity index is 984. The average Bonchev–Trinajstić information content (AvgIpc) is 3.27. The van der Waals surface area contributed by atoms with Crippen molar-refractivity contribution < 1.29 is 38.4 Å². The van der Waals surface area contributed by atoms with Gasteiger partial charge in [-0.3, -0.25) is 24.0 Å². The number of carbonyl (C=O) groups is 5. The molecule has 7 atom stereocenters. The fourth-order valence-corrected chi connectivity index (χ4v) is 6.39. The number of nitrogens with two attached hydrogens (primary N) is 1. The van der Waals surface area contributed by atoms with E-state index in [9.17, 15) is 29.1 Å². The van der Waals surface area contributed by atoms with Crippen LogP contribution in [0, 0.1) is 17.3 Å². The standard InChI is InChI=1S/C26H45BN6O8/c1-15(35)22(33-20(36)11-29-14-34)24(39)30-12-21(37)32-17(7-5-6-8-28)23(38)31-13-27-40-19-10-16-9-18(25(16,2)3)26(19,4)41-27/h14-19,22,35H,5-13,28H2,1-4H3,(H,29,34)(H,30,39)(H,31,38)(H,32,37)(H,33,36)/t15?,16?,17?,18?,19?,22?,26-/m0/s1. The predicted octanol–water partition coefficient (Wildman–Crippen LogP) is -2.29. The van der Waals surface area contributed by atoms with Crippen molar-refractivity contribution in [3.8, 4) is 0 Å². The monoisotopic (exact) mass is 580 g/mol. The van der Waals surface area contributed by atoms with Crippen LogP contribution in [0.3, 0.4) is 0 Å². The lowest BCUT2D eigenvalue weighted by atomic mass is 9.43. The molecular weight excluding hydrogens is 535 g/mol. The lowest BCUT2D eigenvalue weighted by Crippen LogP contribution is -2.65. The van der Waals surface area contributed by atoms with Crippen LogP contribution < -0.4 is 32.3 Å². The summed E-state index contributed by atoms with van der Waals surface area (Å²) in [6.45, 7) is 7.52. The van der Waals surface area contributed by atoms with Gasteiger partial charge in [-0.15, -0.1) is 0 Å². The zero-order valence-corrected chi connectivity index (χ0v) is 24.4. The molecule has 0 aromatic heterocycles. The van der Waals surface area contributed by atoms with Crippen LogP contribution in [0.1, 0.15) is 59.8 Å². The topological polar surface area (TPSA) is 210 Å². The number of hydrogen-bond donors (Lipinski definition) is 7. The Morgan fingerprint density at radius 1 is 1.05 bits per heavy atom. The summed E-state index contributed by atoms with van der Waals surface area (Å²) in [4.78, 5) is 60.4. The number of aliphatic hydroxyl groups excluding tert-OH is 1. The summed E-state index contributed by atoms with van der Waals surface area (Å²) >= 11 is 0. The molecule has 1 saturated heterocycles. The van der Waals surface area contributed by atoms with E-state index in [4.69, 9.17) is 15.0 Å². The first kappa shape index (κ1) is 32.8. The van der Waals surface area contributed by atoms with Crippen LogP contribution in [0.5, 0.6) is 0 Å². The first-order valence-electron chi connectivity index (χ1n) is 14.4. The van der Waals surface area contributed by atoms with Gasteiger partial charge in [0.05, 0.1) is 37.3 Å². The van der Waals surface area contributed by atoms with Gasteiger partial charge in [-0.05, 0) is 69.7 Å². The van der Waals surface area contributed by atoms with Crippen LogP contribution in [-0.2, 0) is 33.3 Å². The largest absolute Gasteiger partial charge is 0.478 e. The minimum absolute atomic E-state index is 0.0126. The molecule has 8 N–H and O–H groups in total. The van der Waals surface area contributed by atoms with E-state index < -0.39 is 61.1 Å². The van der Waals surface area contributed by atoms with Crippen LogP contribution in [-0.4, -0.2) is 98.2 Å². The van der Waals surface area contributed by atoms with Gasteiger partial charge in [-0.25, -0.2) is 0 Å². The maximum absolute atomic E-state index is 13.1. The summed E-state index contributed by atoms with van der Waals surface area (Å²) in [5, 5.41) is 22.2. The normalized spacial score (nSPS) is 27.8. The Balaban J connectivity index is 1.50. The number of carbonyl (C=O) groups excluding carboxylic acids is 5. The Morgan fingerprint density at radius 2 is 1.76 bits per heavy atom. The summed E-state index contributed by atoms with van der Waals surface area (Å²) in [5.41, 5.74) is 5.40. The van der Waals surface area contributed by atoms with Gasteiger partial charge >= 0.3 is 7.12 Å². The first-order valence-corrected chi connectivity index (χ1v) is 14.4. The predicted molar refractivity (Wildman–Crippen MR) is 149 cm³/mol. The smallest absolute Gasteiger partial charge is 0.404 e. The molecule has 5 amide bonds. The third kappa shape index (κ3) is 7.76. The van der Waals surface area contributed by atoms with E-state index >= 15 is 0 Å². The molecule has 230 valence electrons. The number of unbranched alkanes of at least 4 members (excludes halogenated alkanes) is 1. The minimum atomic E-state index is -1.35. The van der Waals surface area contributed by atoms with Crippen molar-refractivity contribution in [2.75, 3.05) is 26.1 Å². The van der Waals surface area contributed by atoms with E-state index in [0.717, 1.165) is 12.8 Å². The Morgan fingerprint density at radius 3 is 2.39 bits per heavy atom. The van der Waals surface area contributed by atoms with Gasteiger partial charge < -0.3 is 46.7 Å². The van der Waals surface area contributed by atoms with E-state index in [1.807, 2.05) is 0 Å². The quantitative estimate of drug-likeness (QED) is 0.0594. The van der Waals surface area contributed by atoms with Crippen molar-refractivity contribution in [2.45, 2.75) is 89.7 Å². The van der Waals surface area contributed by atoms with Gasteiger partial charge in [-0.1, -0.05) is 13.8 Å². The number of aliphatic hydroxyl groups is 1. The lowest BCUT2D eigenvalue weighted by molar-refractivity contribution is -0.199.